The zero-order chi connectivity index (χ0) is 29.3. The molecule has 7 rings (SSSR count). The van der Waals surface area contributed by atoms with E-state index in [0.29, 0.717) is 0 Å². The van der Waals surface area contributed by atoms with Crippen LogP contribution in [0.5, 0.6) is 0 Å². The molecule has 4 aromatic rings. The Morgan fingerprint density at radius 1 is 1.12 bits per heavy atom. The molecule has 3 fully saturated rings. The molecule has 2 unspecified atom stereocenters. The van der Waals surface area contributed by atoms with Gasteiger partial charge in [-0.3, -0.25) is 18.9 Å². The smallest absolute Gasteiger partial charge is 0.325 e. The number of aromatic nitrogens is 9. The molecule has 3 aliphatic heterocycles. The number of nitrogens with two attached hydrogens (primary N) is 2. The Bertz CT molecular complexity index is 1780. The van der Waals surface area contributed by atoms with Gasteiger partial charge in [0.1, 0.15) is 11.8 Å². The summed E-state index contributed by atoms with van der Waals surface area (Å²) in [4.78, 5) is 41.6. The molecule has 0 aliphatic carbocycles. The topological polar surface area (TPSA) is 238 Å². The summed E-state index contributed by atoms with van der Waals surface area (Å²) in [5.74, 6) is -0.972. The minimum atomic E-state index is -4.21. The summed E-state index contributed by atoms with van der Waals surface area (Å²) >= 11 is 5.16. The third kappa shape index (κ3) is 4.52. The third-order valence-electron chi connectivity index (χ3n) is 7.25. The molecule has 2 bridgehead atoms. The first-order valence-electron chi connectivity index (χ1n) is 12.5. The summed E-state index contributed by atoms with van der Waals surface area (Å²) in [6, 6.07) is 0. The van der Waals surface area contributed by atoms with Crippen LogP contribution in [0, 0.1) is 5.92 Å². The number of anilines is 2. The van der Waals surface area contributed by atoms with Gasteiger partial charge in [-0.1, -0.05) is 5.21 Å². The fourth-order valence-corrected chi connectivity index (χ4v) is 6.70. The summed E-state index contributed by atoms with van der Waals surface area (Å²) in [5.41, 5.74) is 11.0. The first-order chi connectivity index (χ1) is 20.1. The maximum atomic E-state index is 15.9. The van der Waals surface area contributed by atoms with Crippen LogP contribution in [0.15, 0.2) is 17.4 Å². The molecule has 0 radical (unpaired) electrons. The molecule has 3 aliphatic rings. The lowest BCUT2D eigenvalue weighted by Gasteiger charge is -2.27. The number of nitrogens with zero attached hydrogens (tertiary/aromatic N) is 8. The number of imidazole rings is 1. The average Bonchev–Trinajstić information content (AvgIpc) is 3.69. The molecule has 0 aromatic carbocycles. The lowest BCUT2D eigenvalue weighted by Crippen LogP contribution is -2.34. The first-order valence-corrected chi connectivity index (χ1v) is 15.1. The van der Waals surface area contributed by atoms with Crippen molar-refractivity contribution >= 4 is 52.6 Å². The maximum Gasteiger partial charge on any atom is 0.325 e. The lowest BCUT2D eigenvalue weighted by molar-refractivity contribution is -0.170. The van der Waals surface area contributed by atoms with E-state index < -0.39 is 68.1 Å². The largest absolute Gasteiger partial charge is 0.382 e. The van der Waals surface area contributed by atoms with Crippen molar-refractivity contribution in [3.05, 3.63) is 23.0 Å². The number of hydrogen-bond acceptors (Lipinski definition) is 15. The minimum Gasteiger partial charge on any atom is -0.382 e. The van der Waals surface area contributed by atoms with Gasteiger partial charge in [-0.05, 0) is 18.2 Å². The van der Waals surface area contributed by atoms with Gasteiger partial charge in [-0.2, -0.15) is 9.67 Å². The van der Waals surface area contributed by atoms with Crippen molar-refractivity contribution in [1.29, 1.82) is 0 Å². The maximum absolute atomic E-state index is 15.9. The summed E-state index contributed by atoms with van der Waals surface area (Å²) < 4.78 is 62.4. The van der Waals surface area contributed by atoms with E-state index in [1.165, 1.54) is 17.2 Å². The van der Waals surface area contributed by atoms with Crippen LogP contribution < -0.4 is 17.0 Å². The van der Waals surface area contributed by atoms with Gasteiger partial charge in [-0.15, -0.1) is 5.10 Å². The SMILES string of the molecule is Nc1nc2c(nnn2[C@@H]2OC3OCC[C@H]4[C@H](F)[C@H](n5cnc6c(N)ncnc65)O[C@@H]4COP(O)(=S)O[C@@H]2[C@@H]3F)c(=O)[nH]1. The highest BCUT2D eigenvalue weighted by Crippen LogP contribution is 2.52. The van der Waals surface area contributed by atoms with Crippen molar-refractivity contribution in [2.75, 3.05) is 24.7 Å². The molecule has 224 valence electrons. The Morgan fingerprint density at radius 3 is 2.79 bits per heavy atom. The van der Waals surface area contributed by atoms with Gasteiger partial charge in [-0.25, -0.2) is 23.7 Å². The van der Waals surface area contributed by atoms with Crippen LogP contribution in [0.25, 0.3) is 22.3 Å². The zero-order valence-electron chi connectivity index (χ0n) is 21.1. The van der Waals surface area contributed by atoms with Crippen molar-refractivity contribution < 1.29 is 36.9 Å². The standard InChI is InChI=1S/C20H22F2N11O7PS/c21-8-6-1-2-36-19-9(22)12(18(39-19)33-15-11(30-31-33)16(34)29-20(24)28-15)40-41(35,42)37-3-7(6)38-17(8)32-5-27-10-13(23)25-4-26-14(10)32/h4-9,12,17-19H,1-3H2,(H,35,42)(H2,23,25,26)(H3,24,28,29,34)/t6-,7-,8+,9+,12-,17-,18-,19?,41?/m1/s1. The summed E-state index contributed by atoms with van der Waals surface area (Å²) in [7, 11) is 0. The molecular formula is C20H22F2N11O7PS. The van der Waals surface area contributed by atoms with E-state index in [1.807, 2.05) is 0 Å². The first kappa shape index (κ1) is 27.5. The van der Waals surface area contributed by atoms with Gasteiger partial charge in [0.15, 0.2) is 59.8 Å². The Kier molecular flexibility index (Phi) is 6.66. The highest BCUT2D eigenvalue weighted by Gasteiger charge is 2.53. The molecule has 4 aromatic heterocycles. The number of ether oxygens (including phenoxy) is 3. The number of hydrogen-bond donors (Lipinski definition) is 4. The Morgan fingerprint density at radius 2 is 1.95 bits per heavy atom. The second kappa shape index (κ2) is 10.2. The van der Waals surface area contributed by atoms with Crippen molar-refractivity contribution in [1.82, 2.24) is 44.5 Å². The average molecular weight is 630 g/mol. The van der Waals surface area contributed by atoms with Crippen molar-refractivity contribution in [2.24, 2.45) is 5.92 Å². The number of H-pyrrole nitrogens is 1. The Balaban J connectivity index is 1.17. The fraction of sp³-hybridized carbons (Fsp3) is 0.550. The third-order valence-corrected chi connectivity index (χ3v) is 8.81. The van der Waals surface area contributed by atoms with Crippen LogP contribution in [0.1, 0.15) is 18.9 Å². The zero-order valence-corrected chi connectivity index (χ0v) is 22.8. The predicted molar refractivity (Wildman–Crippen MR) is 139 cm³/mol. The molecule has 6 N–H and O–H groups in total. The summed E-state index contributed by atoms with van der Waals surface area (Å²) in [6.45, 7) is -4.76. The van der Waals surface area contributed by atoms with Crippen LogP contribution >= 0.6 is 6.72 Å². The Hall–Kier alpha value is -3.30. The molecule has 22 heteroatoms. The number of nitrogens with one attached hydrogen (secondary N) is 1. The monoisotopic (exact) mass is 629 g/mol. The molecule has 3 saturated heterocycles. The van der Waals surface area contributed by atoms with Gasteiger partial charge >= 0.3 is 6.72 Å². The number of fused-ring (bicyclic) bond motifs is 5. The highest BCUT2D eigenvalue weighted by atomic mass is 32.5. The van der Waals surface area contributed by atoms with E-state index in [4.69, 9.17) is 46.5 Å². The minimum absolute atomic E-state index is 0.0479. The van der Waals surface area contributed by atoms with E-state index in [0.717, 1.165) is 4.68 Å². The molecule has 0 saturated carbocycles. The van der Waals surface area contributed by atoms with Crippen LogP contribution in [-0.2, 0) is 35.1 Å². The van der Waals surface area contributed by atoms with E-state index in [1.54, 1.807) is 0 Å². The highest BCUT2D eigenvalue weighted by molar-refractivity contribution is 8.07. The summed E-state index contributed by atoms with van der Waals surface area (Å²) in [5, 5.41) is 7.60. The van der Waals surface area contributed by atoms with Crippen LogP contribution in [0.2, 0.25) is 0 Å². The number of aromatic amines is 1. The van der Waals surface area contributed by atoms with Crippen LogP contribution in [-0.4, -0.2) is 93.4 Å². The van der Waals surface area contributed by atoms with Crippen molar-refractivity contribution in [3.63, 3.8) is 0 Å². The van der Waals surface area contributed by atoms with Gasteiger partial charge in [0, 0.05) is 5.92 Å². The van der Waals surface area contributed by atoms with Gasteiger partial charge in [0.05, 0.1) is 25.6 Å². The lowest BCUT2D eigenvalue weighted by atomic mass is 9.96. The number of nitrogen functional groups attached to an aromatic ring is 2. The molecular weight excluding hydrogens is 607 g/mol. The molecule has 7 heterocycles. The second-order valence-electron chi connectivity index (χ2n) is 9.75. The predicted octanol–water partition coefficient (Wildman–Crippen LogP) is -0.397. The molecule has 9 atom stereocenters. The van der Waals surface area contributed by atoms with Gasteiger partial charge < -0.3 is 35.1 Å². The number of alkyl halides is 2. The van der Waals surface area contributed by atoms with Gasteiger partial charge in [0.2, 0.25) is 5.95 Å². The van der Waals surface area contributed by atoms with E-state index in [-0.39, 0.29) is 47.1 Å². The van der Waals surface area contributed by atoms with Gasteiger partial charge in [0.25, 0.3) is 5.56 Å². The second-order valence-corrected chi connectivity index (χ2v) is 12.5. The Labute approximate surface area is 237 Å². The van der Waals surface area contributed by atoms with E-state index in [2.05, 4.69) is 35.2 Å². The number of rotatable bonds is 2. The normalized spacial score (nSPS) is 35.7. The van der Waals surface area contributed by atoms with E-state index in [9.17, 15) is 9.69 Å². The number of halogens is 2. The molecule has 0 spiro atoms. The van der Waals surface area contributed by atoms with Crippen LogP contribution in [0.3, 0.4) is 0 Å². The fourth-order valence-electron chi connectivity index (χ4n) is 5.30. The van der Waals surface area contributed by atoms with Crippen molar-refractivity contribution in [2.45, 2.75) is 49.7 Å². The quantitative estimate of drug-likeness (QED) is 0.206. The molecule has 18 nitrogen and oxygen atoms in total. The molecule has 42 heavy (non-hydrogen) atoms. The van der Waals surface area contributed by atoms with Crippen LogP contribution in [0.4, 0.5) is 20.5 Å². The van der Waals surface area contributed by atoms with Crippen molar-refractivity contribution in [3.8, 4) is 0 Å². The molecule has 0 amide bonds. The summed E-state index contributed by atoms with van der Waals surface area (Å²) in [6.07, 6.45) is -7.76. The van der Waals surface area contributed by atoms with E-state index >= 15 is 8.78 Å².